The number of phenols is 1. The number of nitrogens with one attached hydrogen (secondary N) is 1. The van der Waals surface area contributed by atoms with Crippen molar-refractivity contribution in [1.82, 2.24) is 9.78 Å². The van der Waals surface area contributed by atoms with Crippen molar-refractivity contribution in [1.29, 1.82) is 0 Å². The van der Waals surface area contributed by atoms with Gasteiger partial charge in [-0.2, -0.15) is 5.10 Å². The number of aromatic hydroxyl groups is 1. The summed E-state index contributed by atoms with van der Waals surface area (Å²) in [5.74, 6) is 0.326. The maximum absolute atomic E-state index is 9.49. The van der Waals surface area contributed by atoms with Crippen molar-refractivity contribution in [2.75, 3.05) is 5.32 Å². The molecule has 2 N–H and O–H groups in total. The fourth-order valence-corrected chi connectivity index (χ4v) is 1.85. The largest absolute Gasteiger partial charge is 0.508 e. The molecule has 4 nitrogen and oxygen atoms in total. The number of aryl methyl sites for hydroxylation is 2. The smallest absolute Gasteiger partial charge is 0.118 e. The molecule has 0 radical (unpaired) electrons. The molecule has 0 aliphatic heterocycles. The molecular weight excluding hydrogens is 226 g/mol. The van der Waals surface area contributed by atoms with Gasteiger partial charge in [-0.3, -0.25) is 4.68 Å². The van der Waals surface area contributed by atoms with Crippen molar-refractivity contribution in [3.8, 4) is 5.75 Å². The minimum Gasteiger partial charge on any atom is -0.508 e. The summed E-state index contributed by atoms with van der Waals surface area (Å²) in [6.07, 6.45) is 3.93. The number of benzene rings is 1. The summed E-state index contributed by atoms with van der Waals surface area (Å²) in [6, 6.07) is 5.72. The predicted molar refractivity (Wildman–Crippen MR) is 72.8 cm³/mol. The van der Waals surface area contributed by atoms with Gasteiger partial charge in [-0.1, -0.05) is 0 Å². The van der Waals surface area contributed by atoms with E-state index < -0.39 is 0 Å². The van der Waals surface area contributed by atoms with Gasteiger partial charge in [0.05, 0.1) is 12.2 Å². The number of rotatable bonds is 4. The summed E-state index contributed by atoms with van der Waals surface area (Å²) in [5, 5.41) is 17.2. The molecule has 0 aliphatic rings. The summed E-state index contributed by atoms with van der Waals surface area (Å²) in [7, 11) is 0. The van der Waals surface area contributed by atoms with E-state index in [-0.39, 0.29) is 6.04 Å². The Kier molecular flexibility index (Phi) is 3.55. The Balaban J connectivity index is 2.10. The van der Waals surface area contributed by atoms with Crippen LogP contribution in [0, 0.1) is 6.92 Å². The van der Waals surface area contributed by atoms with E-state index in [0.717, 1.165) is 23.4 Å². The van der Waals surface area contributed by atoms with E-state index in [2.05, 4.69) is 24.3 Å². The lowest BCUT2D eigenvalue weighted by atomic mass is 10.1. The third-order valence-corrected chi connectivity index (χ3v) is 3.06. The van der Waals surface area contributed by atoms with Gasteiger partial charge in [-0.05, 0) is 44.5 Å². The van der Waals surface area contributed by atoms with Crippen LogP contribution >= 0.6 is 0 Å². The molecule has 0 spiro atoms. The number of hydrogen-bond donors (Lipinski definition) is 2. The van der Waals surface area contributed by atoms with E-state index in [1.54, 1.807) is 6.07 Å². The van der Waals surface area contributed by atoms with Crippen LogP contribution in [0.1, 0.15) is 31.0 Å². The second-order valence-electron chi connectivity index (χ2n) is 4.50. The summed E-state index contributed by atoms with van der Waals surface area (Å²) >= 11 is 0. The first-order chi connectivity index (χ1) is 8.60. The zero-order chi connectivity index (χ0) is 13.1. The van der Waals surface area contributed by atoms with Gasteiger partial charge in [0, 0.05) is 24.0 Å². The van der Waals surface area contributed by atoms with Gasteiger partial charge < -0.3 is 10.4 Å². The van der Waals surface area contributed by atoms with Gasteiger partial charge in [0.15, 0.2) is 0 Å². The van der Waals surface area contributed by atoms with Gasteiger partial charge >= 0.3 is 0 Å². The summed E-state index contributed by atoms with van der Waals surface area (Å²) in [6.45, 7) is 6.93. The van der Waals surface area contributed by atoms with Crippen molar-refractivity contribution in [3.05, 3.63) is 41.7 Å². The minimum absolute atomic E-state index is 0.189. The molecular formula is C14H19N3O. The number of phenolic OH excluding ortho intramolecular Hbond substituents is 1. The highest BCUT2D eigenvalue weighted by atomic mass is 16.3. The highest BCUT2D eigenvalue weighted by Gasteiger charge is 2.08. The molecule has 0 bridgehead atoms. The standard InChI is InChI=1S/C14H19N3O/c1-4-17-9-12(8-15-17)11(3)16-13-5-6-14(18)10(2)7-13/h5-9,11,16,18H,4H2,1-3H3. The second kappa shape index (κ2) is 5.12. The zero-order valence-corrected chi connectivity index (χ0v) is 11.0. The van der Waals surface area contributed by atoms with Gasteiger partial charge in [0.1, 0.15) is 5.75 Å². The predicted octanol–water partition coefficient (Wildman–Crippen LogP) is 3.09. The van der Waals surface area contributed by atoms with E-state index >= 15 is 0 Å². The van der Waals surface area contributed by atoms with Gasteiger partial charge in [-0.15, -0.1) is 0 Å². The third kappa shape index (κ3) is 2.64. The van der Waals surface area contributed by atoms with Crippen molar-refractivity contribution in [2.45, 2.75) is 33.4 Å². The van der Waals surface area contributed by atoms with E-state index in [1.807, 2.05) is 36.1 Å². The van der Waals surface area contributed by atoms with Gasteiger partial charge in [-0.25, -0.2) is 0 Å². The first-order valence-corrected chi connectivity index (χ1v) is 6.18. The highest BCUT2D eigenvalue weighted by Crippen LogP contribution is 2.23. The molecule has 0 amide bonds. The van der Waals surface area contributed by atoms with Crippen LogP contribution in [0.3, 0.4) is 0 Å². The van der Waals surface area contributed by atoms with Crippen LogP contribution in [-0.4, -0.2) is 14.9 Å². The van der Waals surface area contributed by atoms with Crippen LogP contribution in [0.25, 0.3) is 0 Å². The Morgan fingerprint density at radius 1 is 1.44 bits per heavy atom. The summed E-state index contributed by atoms with van der Waals surface area (Å²) in [4.78, 5) is 0. The first-order valence-electron chi connectivity index (χ1n) is 6.18. The molecule has 4 heteroatoms. The van der Waals surface area contributed by atoms with Crippen LogP contribution in [-0.2, 0) is 6.54 Å². The van der Waals surface area contributed by atoms with Crippen molar-refractivity contribution in [3.63, 3.8) is 0 Å². The van der Waals surface area contributed by atoms with Crippen LogP contribution in [0.15, 0.2) is 30.6 Å². The topological polar surface area (TPSA) is 50.1 Å². The highest BCUT2D eigenvalue weighted by molar-refractivity contribution is 5.51. The molecule has 1 unspecified atom stereocenters. The quantitative estimate of drug-likeness (QED) is 0.814. The monoisotopic (exact) mass is 245 g/mol. The van der Waals surface area contributed by atoms with Gasteiger partial charge in [0.25, 0.3) is 0 Å². The van der Waals surface area contributed by atoms with Crippen LogP contribution in [0.5, 0.6) is 5.75 Å². The average molecular weight is 245 g/mol. The lowest BCUT2D eigenvalue weighted by molar-refractivity contribution is 0.471. The number of anilines is 1. The number of hydrogen-bond acceptors (Lipinski definition) is 3. The lowest BCUT2D eigenvalue weighted by Crippen LogP contribution is -2.05. The van der Waals surface area contributed by atoms with Crippen molar-refractivity contribution < 1.29 is 5.11 Å². The Labute approximate surface area is 107 Å². The van der Waals surface area contributed by atoms with Crippen LogP contribution < -0.4 is 5.32 Å². The molecule has 1 heterocycles. The summed E-state index contributed by atoms with van der Waals surface area (Å²) < 4.78 is 1.91. The van der Waals surface area contributed by atoms with E-state index in [9.17, 15) is 5.11 Å². The fraction of sp³-hybridized carbons (Fsp3) is 0.357. The van der Waals surface area contributed by atoms with E-state index in [0.29, 0.717) is 5.75 Å². The van der Waals surface area contributed by atoms with E-state index in [1.165, 1.54) is 0 Å². The second-order valence-corrected chi connectivity index (χ2v) is 4.50. The maximum atomic E-state index is 9.49. The molecule has 0 saturated heterocycles. The van der Waals surface area contributed by atoms with E-state index in [4.69, 9.17) is 0 Å². The molecule has 18 heavy (non-hydrogen) atoms. The SMILES string of the molecule is CCn1cc(C(C)Nc2ccc(O)c(C)c2)cn1. The van der Waals surface area contributed by atoms with Crippen molar-refractivity contribution in [2.24, 2.45) is 0 Å². The molecule has 0 aliphatic carbocycles. The molecule has 1 atom stereocenters. The number of nitrogens with zero attached hydrogens (tertiary/aromatic N) is 2. The zero-order valence-electron chi connectivity index (χ0n) is 11.0. The lowest BCUT2D eigenvalue weighted by Gasteiger charge is -2.14. The third-order valence-electron chi connectivity index (χ3n) is 3.06. The Bertz CT molecular complexity index is 534. The van der Waals surface area contributed by atoms with Gasteiger partial charge in [0.2, 0.25) is 0 Å². The fourth-order valence-electron chi connectivity index (χ4n) is 1.85. The molecule has 1 aromatic carbocycles. The molecule has 96 valence electrons. The van der Waals surface area contributed by atoms with Crippen molar-refractivity contribution >= 4 is 5.69 Å². The number of aromatic nitrogens is 2. The molecule has 1 aromatic heterocycles. The normalized spacial score (nSPS) is 12.4. The van der Waals surface area contributed by atoms with Crippen LogP contribution in [0.2, 0.25) is 0 Å². The molecule has 0 fully saturated rings. The Morgan fingerprint density at radius 2 is 2.22 bits per heavy atom. The first kappa shape index (κ1) is 12.5. The Hall–Kier alpha value is -1.97. The summed E-state index contributed by atoms with van der Waals surface area (Å²) in [5.41, 5.74) is 3.03. The molecule has 2 rings (SSSR count). The molecule has 2 aromatic rings. The average Bonchev–Trinajstić information content (AvgIpc) is 2.82. The molecule has 0 saturated carbocycles. The minimum atomic E-state index is 0.189. The Morgan fingerprint density at radius 3 is 2.83 bits per heavy atom. The maximum Gasteiger partial charge on any atom is 0.118 e. The van der Waals surface area contributed by atoms with Crippen LogP contribution in [0.4, 0.5) is 5.69 Å².